The van der Waals surface area contributed by atoms with Crippen molar-refractivity contribution in [2.45, 2.75) is 12.2 Å². The van der Waals surface area contributed by atoms with Crippen LogP contribution in [0.25, 0.3) is 0 Å². The lowest BCUT2D eigenvalue weighted by atomic mass is 9.86. The van der Waals surface area contributed by atoms with Crippen LogP contribution in [0.2, 0.25) is 5.02 Å². The zero-order valence-electron chi connectivity index (χ0n) is 10.9. The van der Waals surface area contributed by atoms with Gasteiger partial charge in [-0.25, -0.2) is 0 Å². The molecule has 8 heteroatoms. The Kier molecular flexibility index (Phi) is 5.20. The summed E-state index contributed by atoms with van der Waals surface area (Å²) >= 11 is 9.08. The van der Waals surface area contributed by atoms with Crippen LogP contribution < -0.4 is 5.32 Å². The number of ether oxygens (including phenoxy) is 1. The van der Waals surface area contributed by atoms with Crippen molar-refractivity contribution in [3.05, 3.63) is 33.3 Å². The molecule has 1 saturated heterocycles. The third-order valence-corrected chi connectivity index (χ3v) is 4.25. The summed E-state index contributed by atoms with van der Waals surface area (Å²) in [5, 5.41) is 11.8. The van der Waals surface area contributed by atoms with E-state index in [0.717, 1.165) is 0 Å². The Morgan fingerprint density at radius 1 is 1.43 bits per heavy atom. The summed E-state index contributed by atoms with van der Waals surface area (Å²) < 4.78 is 45.4. The summed E-state index contributed by atoms with van der Waals surface area (Å²) in [6, 6.07) is 2.38. The SMILES string of the molecule is OCC1(CNC(c2ccc(Br)cc2Cl)C(F)(F)F)COC1. The first-order chi connectivity index (χ1) is 9.77. The van der Waals surface area contributed by atoms with E-state index in [4.69, 9.17) is 16.3 Å². The average Bonchev–Trinajstić information content (AvgIpc) is 2.33. The summed E-state index contributed by atoms with van der Waals surface area (Å²) in [7, 11) is 0. The smallest absolute Gasteiger partial charge is 0.396 e. The van der Waals surface area contributed by atoms with E-state index in [9.17, 15) is 18.3 Å². The first kappa shape index (κ1) is 17.0. The lowest BCUT2D eigenvalue weighted by Crippen LogP contribution is -2.54. The minimum atomic E-state index is -4.49. The van der Waals surface area contributed by atoms with Crippen molar-refractivity contribution in [1.82, 2.24) is 5.32 Å². The quantitative estimate of drug-likeness (QED) is 0.813. The molecule has 0 saturated carbocycles. The Bertz CT molecular complexity index is 503. The molecule has 0 aliphatic carbocycles. The normalized spacial score (nSPS) is 19.1. The van der Waals surface area contributed by atoms with Gasteiger partial charge in [-0.1, -0.05) is 33.6 Å². The fourth-order valence-electron chi connectivity index (χ4n) is 2.10. The summed E-state index contributed by atoms with van der Waals surface area (Å²) in [6.07, 6.45) is -4.49. The maximum absolute atomic E-state index is 13.3. The minimum Gasteiger partial charge on any atom is -0.396 e. The molecule has 2 rings (SSSR count). The first-order valence-electron chi connectivity index (χ1n) is 6.21. The number of rotatable bonds is 5. The highest BCUT2D eigenvalue weighted by molar-refractivity contribution is 9.10. The molecule has 0 spiro atoms. The van der Waals surface area contributed by atoms with Gasteiger partial charge in [0.1, 0.15) is 6.04 Å². The van der Waals surface area contributed by atoms with Crippen molar-refractivity contribution in [2.75, 3.05) is 26.4 Å². The van der Waals surface area contributed by atoms with Gasteiger partial charge in [0.25, 0.3) is 0 Å². The van der Waals surface area contributed by atoms with E-state index in [1.165, 1.54) is 18.2 Å². The second-order valence-corrected chi connectivity index (χ2v) is 6.50. The first-order valence-corrected chi connectivity index (χ1v) is 7.38. The highest BCUT2D eigenvalue weighted by Gasteiger charge is 2.45. The van der Waals surface area contributed by atoms with Crippen LogP contribution in [0.4, 0.5) is 13.2 Å². The Hall–Kier alpha value is -0.340. The van der Waals surface area contributed by atoms with Crippen molar-refractivity contribution in [1.29, 1.82) is 0 Å². The van der Waals surface area contributed by atoms with E-state index >= 15 is 0 Å². The van der Waals surface area contributed by atoms with Gasteiger partial charge in [0.05, 0.1) is 25.2 Å². The van der Waals surface area contributed by atoms with Crippen LogP contribution >= 0.6 is 27.5 Å². The fourth-order valence-corrected chi connectivity index (χ4v) is 2.88. The van der Waals surface area contributed by atoms with Gasteiger partial charge in [-0.15, -0.1) is 0 Å². The molecule has 21 heavy (non-hydrogen) atoms. The second-order valence-electron chi connectivity index (χ2n) is 5.17. The van der Waals surface area contributed by atoms with Gasteiger partial charge < -0.3 is 15.2 Å². The molecule has 0 radical (unpaired) electrons. The number of aliphatic hydroxyl groups excluding tert-OH is 1. The molecule has 1 heterocycles. The van der Waals surface area contributed by atoms with Gasteiger partial charge in [-0.05, 0) is 17.7 Å². The molecule has 1 unspecified atom stereocenters. The summed E-state index contributed by atoms with van der Waals surface area (Å²) in [5.74, 6) is 0. The predicted molar refractivity (Wildman–Crippen MR) is 76.3 cm³/mol. The number of alkyl halides is 3. The van der Waals surface area contributed by atoms with Gasteiger partial charge in [0, 0.05) is 16.0 Å². The van der Waals surface area contributed by atoms with Crippen molar-refractivity contribution < 1.29 is 23.0 Å². The molecular weight excluding hydrogens is 374 g/mol. The van der Waals surface area contributed by atoms with Gasteiger partial charge in [-0.3, -0.25) is 0 Å². The number of hydrogen-bond donors (Lipinski definition) is 2. The number of benzene rings is 1. The second kappa shape index (κ2) is 6.42. The molecule has 1 fully saturated rings. The Balaban J connectivity index is 2.19. The number of halogens is 5. The van der Waals surface area contributed by atoms with E-state index in [1.807, 2.05) is 0 Å². The van der Waals surface area contributed by atoms with E-state index in [1.54, 1.807) is 0 Å². The molecule has 1 aromatic rings. The van der Waals surface area contributed by atoms with Crippen LogP contribution in [-0.4, -0.2) is 37.6 Å². The summed E-state index contributed by atoms with van der Waals surface area (Å²) in [5.41, 5.74) is -0.689. The zero-order valence-corrected chi connectivity index (χ0v) is 13.2. The molecule has 0 bridgehead atoms. The van der Waals surface area contributed by atoms with Crippen LogP contribution in [0.5, 0.6) is 0 Å². The van der Waals surface area contributed by atoms with E-state index < -0.39 is 17.6 Å². The van der Waals surface area contributed by atoms with Crippen molar-refractivity contribution in [3.8, 4) is 0 Å². The molecule has 1 atom stereocenters. The largest absolute Gasteiger partial charge is 0.407 e. The zero-order chi connectivity index (χ0) is 15.7. The van der Waals surface area contributed by atoms with E-state index in [2.05, 4.69) is 21.2 Å². The van der Waals surface area contributed by atoms with E-state index in [-0.39, 0.29) is 37.0 Å². The topological polar surface area (TPSA) is 41.5 Å². The molecule has 0 aromatic heterocycles. The number of aliphatic hydroxyl groups is 1. The third kappa shape index (κ3) is 3.90. The number of nitrogens with one attached hydrogen (secondary N) is 1. The van der Waals surface area contributed by atoms with Gasteiger partial charge in [0.15, 0.2) is 0 Å². The standard InChI is InChI=1S/C13H14BrClF3NO2/c14-8-1-2-9(10(15)3-8)11(13(16,17)18)19-4-12(5-20)6-21-7-12/h1-3,11,19-20H,4-7H2. The van der Waals surface area contributed by atoms with Crippen LogP contribution in [0.15, 0.2) is 22.7 Å². The molecule has 1 aliphatic rings. The maximum Gasteiger partial charge on any atom is 0.407 e. The average molecular weight is 389 g/mol. The lowest BCUT2D eigenvalue weighted by Gasteiger charge is -2.41. The predicted octanol–water partition coefficient (Wildman–Crippen LogP) is 3.30. The van der Waals surface area contributed by atoms with Crippen molar-refractivity contribution in [2.24, 2.45) is 5.41 Å². The molecule has 1 aliphatic heterocycles. The van der Waals surface area contributed by atoms with Gasteiger partial charge in [-0.2, -0.15) is 13.2 Å². The van der Waals surface area contributed by atoms with E-state index in [0.29, 0.717) is 4.47 Å². The summed E-state index contributed by atoms with van der Waals surface area (Å²) in [4.78, 5) is 0. The molecule has 2 N–H and O–H groups in total. The Labute approximate surface area is 133 Å². The molecule has 3 nitrogen and oxygen atoms in total. The Morgan fingerprint density at radius 2 is 2.10 bits per heavy atom. The lowest BCUT2D eigenvalue weighted by molar-refractivity contribution is -0.170. The third-order valence-electron chi connectivity index (χ3n) is 3.43. The fraction of sp³-hybridized carbons (Fsp3) is 0.538. The number of hydrogen-bond acceptors (Lipinski definition) is 3. The Morgan fingerprint density at radius 3 is 2.52 bits per heavy atom. The highest BCUT2D eigenvalue weighted by atomic mass is 79.9. The monoisotopic (exact) mass is 387 g/mol. The van der Waals surface area contributed by atoms with Crippen molar-refractivity contribution >= 4 is 27.5 Å². The van der Waals surface area contributed by atoms with Crippen LogP contribution in [0.3, 0.4) is 0 Å². The van der Waals surface area contributed by atoms with Gasteiger partial charge >= 0.3 is 6.18 Å². The van der Waals surface area contributed by atoms with Crippen LogP contribution in [0, 0.1) is 5.41 Å². The van der Waals surface area contributed by atoms with Gasteiger partial charge in [0.2, 0.25) is 0 Å². The maximum atomic E-state index is 13.3. The molecule has 0 amide bonds. The molecule has 1 aromatic carbocycles. The summed E-state index contributed by atoms with van der Waals surface area (Å²) in [6.45, 7) is 0.267. The highest BCUT2D eigenvalue weighted by Crippen LogP contribution is 2.38. The van der Waals surface area contributed by atoms with Crippen LogP contribution in [-0.2, 0) is 4.74 Å². The van der Waals surface area contributed by atoms with Crippen LogP contribution in [0.1, 0.15) is 11.6 Å². The van der Waals surface area contributed by atoms with Crippen molar-refractivity contribution in [3.63, 3.8) is 0 Å². The minimum absolute atomic E-state index is 0.0000689. The molecule has 118 valence electrons. The molecular formula is C13H14BrClF3NO2.